The minimum atomic E-state index is -0.881. The van der Waals surface area contributed by atoms with E-state index in [1.54, 1.807) is 18.1 Å². The molecule has 39 heavy (non-hydrogen) atoms. The molecule has 1 fully saturated rings. The van der Waals surface area contributed by atoms with Crippen LogP contribution in [-0.2, 0) is 16.1 Å². The average Bonchev–Trinajstić information content (AvgIpc) is 3.08. The van der Waals surface area contributed by atoms with Gasteiger partial charge in [-0.25, -0.2) is 13.6 Å². The molecule has 0 radical (unpaired) electrons. The Balaban J connectivity index is 1.76. The zero-order valence-corrected chi connectivity index (χ0v) is 23.8. The van der Waals surface area contributed by atoms with Crippen molar-refractivity contribution in [2.24, 2.45) is 0 Å². The Bertz CT molecular complexity index is 1550. The van der Waals surface area contributed by atoms with Crippen molar-refractivity contribution in [3.63, 3.8) is 0 Å². The van der Waals surface area contributed by atoms with Gasteiger partial charge in [0.05, 0.1) is 28.2 Å². The topological polar surface area (TPSA) is 67.7 Å². The highest BCUT2D eigenvalue weighted by molar-refractivity contribution is 7.99. The molecule has 2 aromatic carbocycles. The lowest BCUT2D eigenvalue weighted by Gasteiger charge is -2.44. The second kappa shape index (κ2) is 10.7. The fraction of sp³-hybridized carbons (Fsp3) is 0.370. The predicted molar refractivity (Wildman–Crippen MR) is 151 cm³/mol. The molecule has 0 bridgehead atoms. The predicted octanol–water partition coefficient (Wildman–Crippen LogP) is 5.38. The number of nitrogens with zero attached hydrogens (tertiary/aromatic N) is 4. The van der Waals surface area contributed by atoms with Crippen LogP contribution in [0.15, 0.2) is 40.5 Å². The summed E-state index contributed by atoms with van der Waals surface area (Å²) in [6.07, 6.45) is 0.975. The Morgan fingerprint density at radius 3 is 2.46 bits per heavy atom. The Morgan fingerprint density at radius 1 is 1.13 bits per heavy atom. The van der Waals surface area contributed by atoms with Gasteiger partial charge in [-0.1, -0.05) is 29.8 Å². The molecule has 3 heterocycles. The van der Waals surface area contributed by atoms with E-state index in [4.69, 9.17) is 27.9 Å². The van der Waals surface area contributed by atoms with Crippen LogP contribution >= 0.6 is 35.0 Å². The van der Waals surface area contributed by atoms with E-state index in [2.05, 4.69) is 11.6 Å². The number of methoxy groups -OCH3 is 1. The van der Waals surface area contributed by atoms with E-state index in [-0.39, 0.29) is 46.2 Å². The number of anilines is 1. The first-order valence-corrected chi connectivity index (χ1v) is 14.1. The number of hydrogen-bond acceptors (Lipinski definition) is 6. The summed E-state index contributed by atoms with van der Waals surface area (Å²) in [4.78, 5) is 34.7. The number of hydrogen-bond donors (Lipinski definition) is 0. The molecule has 0 N–H and O–H groups in total. The molecule has 3 aromatic rings. The molecule has 2 aliphatic rings. The van der Waals surface area contributed by atoms with Crippen LogP contribution in [0.3, 0.4) is 0 Å². The monoisotopic (exact) mass is 594 g/mol. The van der Waals surface area contributed by atoms with Crippen LogP contribution in [0.4, 0.5) is 14.6 Å². The summed E-state index contributed by atoms with van der Waals surface area (Å²) in [7, 11) is 1.56. The van der Waals surface area contributed by atoms with Gasteiger partial charge in [0.1, 0.15) is 17.5 Å². The number of thioether (sulfide) groups is 1. The van der Waals surface area contributed by atoms with Gasteiger partial charge < -0.3 is 14.5 Å². The molecule has 1 amide bonds. The molecule has 3 atom stereocenters. The van der Waals surface area contributed by atoms with Crippen molar-refractivity contribution in [1.82, 2.24) is 14.5 Å². The summed E-state index contributed by atoms with van der Waals surface area (Å²) in [5.74, 6) is -0.974. The van der Waals surface area contributed by atoms with Gasteiger partial charge in [0, 0.05) is 65.5 Å². The van der Waals surface area contributed by atoms with Crippen molar-refractivity contribution in [1.29, 1.82) is 0 Å². The van der Waals surface area contributed by atoms with Gasteiger partial charge in [-0.05, 0) is 32.1 Å². The van der Waals surface area contributed by atoms with Crippen LogP contribution in [0, 0.1) is 11.6 Å². The van der Waals surface area contributed by atoms with E-state index in [0.29, 0.717) is 46.0 Å². The summed E-state index contributed by atoms with van der Waals surface area (Å²) >= 11 is 14.2. The molecular weight excluding hydrogens is 569 g/mol. The molecular formula is C27H26Cl2F2N4O3S. The van der Waals surface area contributed by atoms with Crippen LogP contribution in [0.2, 0.25) is 10.0 Å². The number of amides is 1. The minimum absolute atomic E-state index is 0.0304. The van der Waals surface area contributed by atoms with E-state index >= 15 is 4.39 Å². The van der Waals surface area contributed by atoms with Gasteiger partial charge in [0.25, 0.3) is 0 Å². The SMILES string of the molecule is C=CC(=O)N1[C@H](C)CN(c2nc(=O)n3c4c(c(-c5cc(Cl)c(F)cc5F)c(Cl)cc24)SC[C@H](OC)C3)C[C@@H]1C. The molecule has 0 aliphatic carbocycles. The van der Waals surface area contributed by atoms with E-state index in [1.807, 2.05) is 18.7 Å². The van der Waals surface area contributed by atoms with Gasteiger partial charge in [-0.3, -0.25) is 9.36 Å². The summed E-state index contributed by atoms with van der Waals surface area (Å²) in [5, 5.41) is 0.572. The summed E-state index contributed by atoms with van der Waals surface area (Å²) in [5.41, 5.74) is 0.402. The fourth-order valence-electron chi connectivity index (χ4n) is 5.49. The third-order valence-corrected chi connectivity index (χ3v) is 9.02. The summed E-state index contributed by atoms with van der Waals surface area (Å²) < 4.78 is 36.3. The molecule has 0 unspecified atom stereocenters. The number of piperazine rings is 1. The van der Waals surface area contributed by atoms with Crippen molar-refractivity contribution in [2.75, 3.05) is 30.9 Å². The fourth-order valence-corrected chi connectivity index (χ4v) is 7.33. The highest BCUT2D eigenvalue weighted by Crippen LogP contribution is 2.46. The lowest BCUT2D eigenvalue weighted by molar-refractivity contribution is -0.130. The van der Waals surface area contributed by atoms with Crippen LogP contribution in [0.1, 0.15) is 13.8 Å². The van der Waals surface area contributed by atoms with Crippen molar-refractivity contribution in [3.8, 4) is 11.1 Å². The first-order chi connectivity index (χ1) is 18.5. The zero-order chi connectivity index (χ0) is 28.2. The van der Waals surface area contributed by atoms with Crippen molar-refractivity contribution < 1.29 is 18.3 Å². The molecule has 1 saturated heterocycles. The first kappa shape index (κ1) is 27.9. The third-order valence-electron chi connectivity index (χ3n) is 7.21. The number of halogens is 4. The molecule has 0 spiro atoms. The number of rotatable bonds is 4. The Kier molecular flexibility index (Phi) is 7.67. The normalized spacial score (nSPS) is 21.3. The standard InChI is InChI=1S/C27H26Cl2F2N4O3S/c1-5-22(36)35-13(2)9-33(10-14(35)3)26-17-7-19(29)23(16-6-18(28)21(31)8-20(16)30)25-24(17)34(27(37)32-26)11-15(38-4)12-39-25/h5-8,13-15H,1,9-12H2,2-4H3/t13-,14+,15-/m1/s1. The molecule has 7 nitrogen and oxygen atoms in total. The number of aromatic nitrogens is 2. The summed E-state index contributed by atoms with van der Waals surface area (Å²) in [6.45, 7) is 8.56. The Hall–Kier alpha value is -2.66. The second-order valence-corrected chi connectivity index (χ2v) is 11.6. The highest BCUT2D eigenvalue weighted by atomic mass is 35.5. The van der Waals surface area contributed by atoms with Crippen molar-refractivity contribution >= 4 is 57.6 Å². The van der Waals surface area contributed by atoms with Crippen LogP contribution in [-0.4, -0.2) is 64.5 Å². The van der Waals surface area contributed by atoms with Crippen LogP contribution < -0.4 is 10.6 Å². The Labute approximate surface area is 238 Å². The van der Waals surface area contributed by atoms with Gasteiger partial charge in [-0.2, -0.15) is 4.98 Å². The maximum atomic E-state index is 15.1. The highest BCUT2D eigenvalue weighted by Gasteiger charge is 2.35. The number of ether oxygens (including phenoxy) is 1. The smallest absolute Gasteiger partial charge is 0.350 e. The molecule has 5 rings (SSSR count). The van der Waals surface area contributed by atoms with E-state index in [0.717, 1.165) is 6.07 Å². The van der Waals surface area contributed by atoms with Gasteiger partial charge >= 0.3 is 5.69 Å². The number of benzene rings is 2. The lowest BCUT2D eigenvalue weighted by Crippen LogP contribution is -2.58. The van der Waals surface area contributed by atoms with E-state index in [9.17, 15) is 14.0 Å². The molecule has 12 heteroatoms. The maximum absolute atomic E-state index is 15.1. The lowest BCUT2D eigenvalue weighted by atomic mass is 10.0. The third kappa shape index (κ3) is 4.81. The molecule has 2 aliphatic heterocycles. The van der Waals surface area contributed by atoms with Crippen LogP contribution in [0.5, 0.6) is 0 Å². The number of carbonyl (C=O) groups is 1. The van der Waals surface area contributed by atoms with E-state index in [1.165, 1.54) is 28.5 Å². The zero-order valence-electron chi connectivity index (χ0n) is 21.5. The Morgan fingerprint density at radius 2 is 1.82 bits per heavy atom. The molecule has 0 saturated carbocycles. The second-order valence-electron chi connectivity index (χ2n) is 9.75. The minimum Gasteiger partial charge on any atom is -0.379 e. The van der Waals surface area contributed by atoms with Gasteiger partial charge in [-0.15, -0.1) is 11.8 Å². The van der Waals surface area contributed by atoms with Gasteiger partial charge in [0.2, 0.25) is 5.91 Å². The maximum Gasteiger partial charge on any atom is 0.350 e. The van der Waals surface area contributed by atoms with E-state index < -0.39 is 17.3 Å². The van der Waals surface area contributed by atoms with Crippen molar-refractivity contribution in [2.45, 2.75) is 43.5 Å². The molecule has 1 aromatic heterocycles. The molecule has 206 valence electrons. The van der Waals surface area contributed by atoms with Crippen molar-refractivity contribution in [3.05, 3.63) is 63.0 Å². The number of carbonyl (C=O) groups excluding carboxylic acids is 1. The van der Waals surface area contributed by atoms with Gasteiger partial charge in [0.15, 0.2) is 0 Å². The summed E-state index contributed by atoms with van der Waals surface area (Å²) in [6, 6.07) is 3.24. The largest absolute Gasteiger partial charge is 0.379 e. The average molecular weight is 595 g/mol. The first-order valence-electron chi connectivity index (χ1n) is 12.3. The van der Waals surface area contributed by atoms with Crippen LogP contribution in [0.25, 0.3) is 22.0 Å². The quantitative estimate of drug-likeness (QED) is 0.298.